The monoisotopic (exact) mass is 368 g/mol. The number of guanidine groups is 1. The first-order chi connectivity index (χ1) is 12.8. The van der Waals surface area contributed by atoms with Crippen LogP contribution in [0.2, 0.25) is 0 Å². The molecular weight excluding hydrogens is 328 g/mol. The lowest BCUT2D eigenvalue weighted by molar-refractivity contribution is 0.00986. The Bertz CT molecular complexity index is 389. The third kappa shape index (κ3) is 7.41. The number of ether oxygens (including phenoxy) is 2. The second-order valence-corrected chi connectivity index (χ2v) is 7.62. The normalized spacial score (nSPS) is 21.3. The maximum atomic E-state index is 5.96. The highest BCUT2D eigenvalue weighted by Crippen LogP contribution is 2.17. The van der Waals surface area contributed by atoms with E-state index in [1.807, 2.05) is 7.05 Å². The highest BCUT2D eigenvalue weighted by atomic mass is 16.5. The Hall–Kier alpha value is -0.850. The molecule has 0 aromatic carbocycles. The van der Waals surface area contributed by atoms with Gasteiger partial charge >= 0.3 is 0 Å². The molecule has 0 bridgehead atoms. The van der Waals surface area contributed by atoms with Gasteiger partial charge in [0.1, 0.15) is 0 Å². The minimum Gasteiger partial charge on any atom is -0.385 e. The number of hydrogen-bond donors (Lipinski definition) is 1. The predicted octanol–water partition coefficient (Wildman–Crippen LogP) is 2.20. The van der Waals surface area contributed by atoms with E-state index < -0.39 is 0 Å². The maximum Gasteiger partial charge on any atom is 0.193 e. The fourth-order valence-corrected chi connectivity index (χ4v) is 3.99. The van der Waals surface area contributed by atoms with E-state index in [0.717, 1.165) is 64.0 Å². The Morgan fingerprint density at radius 1 is 1.08 bits per heavy atom. The molecule has 0 amide bonds. The molecule has 0 atom stereocenters. The third-order valence-electron chi connectivity index (χ3n) is 5.60. The fraction of sp³-hybridized carbons (Fsp3) is 0.950. The molecule has 0 aliphatic carbocycles. The van der Waals surface area contributed by atoms with Crippen molar-refractivity contribution in [2.75, 3.05) is 66.6 Å². The molecule has 26 heavy (non-hydrogen) atoms. The molecule has 2 saturated heterocycles. The van der Waals surface area contributed by atoms with E-state index in [9.17, 15) is 0 Å². The van der Waals surface area contributed by atoms with E-state index in [0.29, 0.717) is 6.10 Å². The highest BCUT2D eigenvalue weighted by Gasteiger charge is 2.23. The number of rotatable bonds is 9. The van der Waals surface area contributed by atoms with E-state index in [1.54, 1.807) is 7.11 Å². The minimum absolute atomic E-state index is 0.393. The molecule has 2 fully saturated rings. The quantitative estimate of drug-likeness (QED) is 0.384. The molecule has 0 aromatic rings. The number of methoxy groups -OCH3 is 1. The van der Waals surface area contributed by atoms with Crippen LogP contribution < -0.4 is 5.32 Å². The lowest BCUT2D eigenvalue weighted by Gasteiger charge is -2.36. The van der Waals surface area contributed by atoms with Crippen LogP contribution in [0.4, 0.5) is 0 Å². The molecule has 152 valence electrons. The molecule has 2 rings (SSSR count). The summed E-state index contributed by atoms with van der Waals surface area (Å²) < 4.78 is 11.0. The highest BCUT2D eigenvalue weighted by molar-refractivity contribution is 5.79. The Morgan fingerprint density at radius 2 is 1.81 bits per heavy atom. The van der Waals surface area contributed by atoms with Gasteiger partial charge in [0.25, 0.3) is 0 Å². The van der Waals surface area contributed by atoms with Gasteiger partial charge in [0.15, 0.2) is 5.96 Å². The van der Waals surface area contributed by atoms with Crippen molar-refractivity contribution in [3.63, 3.8) is 0 Å². The van der Waals surface area contributed by atoms with Gasteiger partial charge in [-0.1, -0.05) is 6.92 Å². The summed E-state index contributed by atoms with van der Waals surface area (Å²) in [5.74, 6) is 1.85. The lowest BCUT2D eigenvalue weighted by atomic mass is 9.97. The SMILES string of the molecule is CCCN1CCC(CNC(=NC)N2CCC(OCCCOC)CC2)CC1. The smallest absolute Gasteiger partial charge is 0.193 e. The van der Waals surface area contributed by atoms with Crippen LogP contribution >= 0.6 is 0 Å². The van der Waals surface area contributed by atoms with Gasteiger partial charge in [-0.2, -0.15) is 0 Å². The van der Waals surface area contributed by atoms with E-state index in [2.05, 4.69) is 27.0 Å². The molecule has 0 aromatic heterocycles. The number of nitrogens with one attached hydrogen (secondary N) is 1. The zero-order valence-electron chi connectivity index (χ0n) is 17.2. The van der Waals surface area contributed by atoms with Crippen LogP contribution in [0.15, 0.2) is 4.99 Å². The molecule has 6 nitrogen and oxygen atoms in total. The molecule has 0 unspecified atom stereocenters. The van der Waals surface area contributed by atoms with Crippen molar-refractivity contribution in [1.82, 2.24) is 15.1 Å². The Labute approximate surface area is 160 Å². The zero-order valence-corrected chi connectivity index (χ0v) is 17.2. The van der Waals surface area contributed by atoms with Gasteiger partial charge in [0.05, 0.1) is 6.10 Å². The minimum atomic E-state index is 0.393. The molecule has 1 N–H and O–H groups in total. The summed E-state index contributed by atoms with van der Waals surface area (Å²) in [6.07, 6.45) is 7.43. The summed E-state index contributed by atoms with van der Waals surface area (Å²) in [7, 11) is 3.64. The van der Waals surface area contributed by atoms with Gasteiger partial charge in [-0.25, -0.2) is 0 Å². The van der Waals surface area contributed by atoms with Gasteiger partial charge in [0, 0.05) is 47.0 Å². The Morgan fingerprint density at radius 3 is 2.42 bits per heavy atom. The summed E-state index contributed by atoms with van der Waals surface area (Å²) in [6, 6.07) is 0. The largest absolute Gasteiger partial charge is 0.385 e. The Balaban J connectivity index is 1.62. The number of piperidine rings is 2. The van der Waals surface area contributed by atoms with Crippen LogP contribution in [0.25, 0.3) is 0 Å². The van der Waals surface area contributed by atoms with E-state index in [4.69, 9.17) is 9.47 Å². The molecular formula is C20H40N4O2. The van der Waals surface area contributed by atoms with Crippen molar-refractivity contribution in [3.8, 4) is 0 Å². The summed E-state index contributed by atoms with van der Waals surface area (Å²) >= 11 is 0. The van der Waals surface area contributed by atoms with Gasteiger partial charge in [0.2, 0.25) is 0 Å². The van der Waals surface area contributed by atoms with Crippen molar-refractivity contribution in [1.29, 1.82) is 0 Å². The summed E-state index contributed by atoms with van der Waals surface area (Å²) in [5.41, 5.74) is 0. The van der Waals surface area contributed by atoms with E-state index in [-0.39, 0.29) is 0 Å². The van der Waals surface area contributed by atoms with Gasteiger partial charge in [-0.3, -0.25) is 4.99 Å². The van der Waals surface area contributed by atoms with Crippen LogP contribution in [0, 0.1) is 5.92 Å². The zero-order chi connectivity index (χ0) is 18.6. The molecule has 2 heterocycles. The standard InChI is InChI=1S/C20H40N4O2/c1-4-10-23-11-6-18(7-12-23)17-22-20(21-2)24-13-8-19(9-14-24)26-16-5-15-25-3/h18-19H,4-17H2,1-3H3,(H,21,22). The third-order valence-corrected chi connectivity index (χ3v) is 5.60. The maximum absolute atomic E-state index is 5.96. The van der Waals surface area contributed by atoms with Gasteiger partial charge < -0.3 is 24.6 Å². The van der Waals surface area contributed by atoms with Gasteiger partial charge in [-0.05, 0) is 64.1 Å². The first kappa shape index (κ1) is 21.5. The van der Waals surface area contributed by atoms with Crippen molar-refractivity contribution in [2.24, 2.45) is 10.9 Å². The van der Waals surface area contributed by atoms with Crippen LogP contribution in [-0.2, 0) is 9.47 Å². The summed E-state index contributed by atoms with van der Waals surface area (Å²) in [4.78, 5) is 9.51. The van der Waals surface area contributed by atoms with Crippen LogP contribution in [-0.4, -0.2) is 88.5 Å². The lowest BCUT2D eigenvalue weighted by Crippen LogP contribution is -2.48. The van der Waals surface area contributed by atoms with Crippen LogP contribution in [0.1, 0.15) is 45.4 Å². The number of likely N-dealkylation sites (tertiary alicyclic amines) is 2. The molecule has 0 saturated carbocycles. The average Bonchev–Trinajstić information content (AvgIpc) is 2.68. The predicted molar refractivity (Wildman–Crippen MR) is 108 cm³/mol. The first-order valence-electron chi connectivity index (χ1n) is 10.5. The molecule has 0 radical (unpaired) electrons. The second kappa shape index (κ2) is 12.5. The summed E-state index contributed by atoms with van der Waals surface area (Å²) in [6.45, 7) is 10.7. The van der Waals surface area contributed by atoms with Crippen molar-refractivity contribution < 1.29 is 9.47 Å². The fourth-order valence-electron chi connectivity index (χ4n) is 3.99. The molecule has 2 aliphatic heterocycles. The summed E-state index contributed by atoms with van der Waals surface area (Å²) in [5, 5.41) is 3.63. The number of nitrogens with zero attached hydrogens (tertiary/aromatic N) is 3. The molecule has 6 heteroatoms. The van der Waals surface area contributed by atoms with Crippen molar-refractivity contribution >= 4 is 5.96 Å². The van der Waals surface area contributed by atoms with Gasteiger partial charge in [-0.15, -0.1) is 0 Å². The topological polar surface area (TPSA) is 49.3 Å². The van der Waals surface area contributed by atoms with Crippen LogP contribution in [0.5, 0.6) is 0 Å². The first-order valence-corrected chi connectivity index (χ1v) is 10.5. The van der Waals surface area contributed by atoms with Crippen molar-refractivity contribution in [3.05, 3.63) is 0 Å². The van der Waals surface area contributed by atoms with E-state index in [1.165, 1.54) is 38.9 Å². The van der Waals surface area contributed by atoms with E-state index >= 15 is 0 Å². The van der Waals surface area contributed by atoms with Crippen molar-refractivity contribution in [2.45, 2.75) is 51.6 Å². The Kier molecular flexibility index (Phi) is 10.3. The van der Waals surface area contributed by atoms with Crippen LogP contribution in [0.3, 0.4) is 0 Å². The molecule has 0 spiro atoms. The number of aliphatic imine (C=N–C) groups is 1. The second-order valence-electron chi connectivity index (χ2n) is 7.62. The molecule has 2 aliphatic rings. The average molecular weight is 369 g/mol. The number of hydrogen-bond acceptors (Lipinski definition) is 4.